The molecule has 3 rings (SSSR count). The van der Waals surface area contributed by atoms with Gasteiger partial charge in [0.05, 0.1) is 0 Å². The summed E-state index contributed by atoms with van der Waals surface area (Å²) in [4.78, 5) is 7.08. The van der Waals surface area contributed by atoms with Crippen molar-refractivity contribution in [3.63, 3.8) is 0 Å². The molecule has 1 N–H and O–H groups in total. The van der Waals surface area contributed by atoms with Gasteiger partial charge in [-0.1, -0.05) is 13.3 Å². The van der Waals surface area contributed by atoms with Crippen LogP contribution in [0.4, 0.5) is 5.69 Å². The molecule has 104 valence electrons. The molecule has 19 heavy (non-hydrogen) atoms. The lowest BCUT2D eigenvalue weighted by atomic mass is 10.0. The highest BCUT2D eigenvalue weighted by atomic mass is 15.2. The summed E-state index contributed by atoms with van der Waals surface area (Å²) in [5.41, 5.74) is 3.91. The van der Waals surface area contributed by atoms with E-state index in [4.69, 9.17) is 0 Å². The number of nitrogens with zero attached hydrogens (tertiary/aromatic N) is 2. The summed E-state index contributed by atoms with van der Waals surface area (Å²) < 4.78 is 0. The van der Waals surface area contributed by atoms with E-state index in [-0.39, 0.29) is 0 Å². The van der Waals surface area contributed by atoms with Crippen molar-refractivity contribution in [2.75, 3.05) is 24.5 Å². The number of aromatic nitrogens is 1. The van der Waals surface area contributed by atoms with Crippen molar-refractivity contribution in [1.82, 2.24) is 10.3 Å². The molecule has 0 bridgehead atoms. The van der Waals surface area contributed by atoms with Gasteiger partial charge in [-0.3, -0.25) is 4.98 Å². The van der Waals surface area contributed by atoms with Crippen molar-refractivity contribution in [2.24, 2.45) is 11.8 Å². The van der Waals surface area contributed by atoms with E-state index < -0.39 is 0 Å². The van der Waals surface area contributed by atoms with Crippen molar-refractivity contribution >= 4 is 5.69 Å². The van der Waals surface area contributed by atoms with Crippen LogP contribution in [-0.2, 0) is 6.54 Å². The Labute approximate surface area is 116 Å². The molecule has 1 aliphatic heterocycles. The minimum absolute atomic E-state index is 0.935. The first-order valence-corrected chi connectivity index (χ1v) is 7.69. The van der Waals surface area contributed by atoms with Crippen LogP contribution in [0.25, 0.3) is 0 Å². The molecule has 0 radical (unpaired) electrons. The maximum atomic E-state index is 4.47. The van der Waals surface area contributed by atoms with E-state index in [1.165, 1.54) is 43.6 Å². The standard InChI is InChI=1S/C16H25N3/c1-3-17-8-15-9-18-12(2)7-16(15)19-10-13-5-4-6-14(13)11-19/h7,9,13-14,17H,3-6,8,10-11H2,1-2H3. The van der Waals surface area contributed by atoms with Gasteiger partial charge in [0.2, 0.25) is 0 Å². The van der Waals surface area contributed by atoms with E-state index in [2.05, 4.69) is 41.3 Å². The predicted molar refractivity (Wildman–Crippen MR) is 79.4 cm³/mol. The number of nitrogens with one attached hydrogen (secondary N) is 1. The van der Waals surface area contributed by atoms with E-state index >= 15 is 0 Å². The van der Waals surface area contributed by atoms with Crippen molar-refractivity contribution in [3.05, 3.63) is 23.5 Å². The highest BCUT2D eigenvalue weighted by Gasteiger charge is 2.36. The van der Waals surface area contributed by atoms with Gasteiger partial charge in [-0.25, -0.2) is 0 Å². The molecule has 2 unspecified atom stereocenters. The van der Waals surface area contributed by atoms with Gasteiger partial charge in [-0.2, -0.15) is 0 Å². The van der Waals surface area contributed by atoms with E-state index in [1.54, 1.807) is 0 Å². The monoisotopic (exact) mass is 259 g/mol. The Balaban J connectivity index is 1.80. The first-order valence-electron chi connectivity index (χ1n) is 7.69. The highest BCUT2D eigenvalue weighted by molar-refractivity contribution is 5.54. The van der Waals surface area contributed by atoms with Gasteiger partial charge in [0.1, 0.15) is 0 Å². The number of aryl methyl sites for hydroxylation is 1. The molecule has 0 aromatic carbocycles. The number of hydrogen-bond donors (Lipinski definition) is 1. The molecule has 0 amide bonds. The second-order valence-corrected chi connectivity index (χ2v) is 6.09. The third kappa shape index (κ3) is 2.62. The fraction of sp³-hybridized carbons (Fsp3) is 0.688. The Kier molecular flexibility index (Phi) is 3.74. The summed E-state index contributed by atoms with van der Waals surface area (Å²) in [5.74, 6) is 1.89. The van der Waals surface area contributed by atoms with Crippen molar-refractivity contribution in [3.8, 4) is 0 Å². The molecule has 2 atom stereocenters. The van der Waals surface area contributed by atoms with Crippen LogP contribution in [0.5, 0.6) is 0 Å². The smallest absolute Gasteiger partial charge is 0.0445 e. The second-order valence-electron chi connectivity index (χ2n) is 6.09. The Morgan fingerprint density at radius 3 is 2.74 bits per heavy atom. The van der Waals surface area contributed by atoms with Gasteiger partial charge in [-0.05, 0) is 44.2 Å². The van der Waals surface area contributed by atoms with Gasteiger partial charge >= 0.3 is 0 Å². The molecule has 1 aromatic heterocycles. The number of hydrogen-bond acceptors (Lipinski definition) is 3. The lowest BCUT2D eigenvalue weighted by Crippen LogP contribution is -2.24. The van der Waals surface area contributed by atoms with Crippen LogP contribution >= 0.6 is 0 Å². The van der Waals surface area contributed by atoms with Crippen molar-refractivity contribution in [2.45, 2.75) is 39.7 Å². The molecular formula is C16H25N3. The summed E-state index contributed by atoms with van der Waals surface area (Å²) in [6.07, 6.45) is 6.38. The van der Waals surface area contributed by atoms with Gasteiger partial charge in [0.15, 0.2) is 0 Å². The van der Waals surface area contributed by atoms with Crippen LogP contribution in [0, 0.1) is 18.8 Å². The van der Waals surface area contributed by atoms with E-state index in [0.717, 1.165) is 30.6 Å². The summed E-state index contributed by atoms with van der Waals surface area (Å²) in [5, 5.41) is 3.43. The van der Waals surface area contributed by atoms with Gasteiger partial charge in [0, 0.05) is 42.8 Å². The average molecular weight is 259 g/mol. The van der Waals surface area contributed by atoms with Crippen LogP contribution in [0.15, 0.2) is 12.3 Å². The van der Waals surface area contributed by atoms with Crippen LogP contribution in [0.2, 0.25) is 0 Å². The molecular weight excluding hydrogens is 234 g/mol. The Hall–Kier alpha value is -1.09. The number of pyridine rings is 1. The van der Waals surface area contributed by atoms with Crippen LogP contribution in [0.1, 0.15) is 37.4 Å². The highest BCUT2D eigenvalue weighted by Crippen LogP contribution is 2.40. The van der Waals surface area contributed by atoms with Crippen molar-refractivity contribution in [1.29, 1.82) is 0 Å². The van der Waals surface area contributed by atoms with E-state index in [9.17, 15) is 0 Å². The molecule has 1 aromatic rings. The summed E-state index contributed by atoms with van der Waals surface area (Å²) in [7, 11) is 0. The first-order chi connectivity index (χ1) is 9.28. The number of anilines is 1. The summed E-state index contributed by atoms with van der Waals surface area (Å²) in [6, 6.07) is 2.27. The lowest BCUT2D eigenvalue weighted by molar-refractivity contribution is 0.494. The van der Waals surface area contributed by atoms with Crippen LogP contribution in [-0.4, -0.2) is 24.6 Å². The summed E-state index contributed by atoms with van der Waals surface area (Å²) in [6.45, 7) is 8.71. The average Bonchev–Trinajstić information content (AvgIpc) is 2.98. The Bertz CT molecular complexity index is 432. The Morgan fingerprint density at radius 1 is 1.32 bits per heavy atom. The number of rotatable bonds is 4. The molecule has 2 aliphatic rings. The van der Waals surface area contributed by atoms with Gasteiger partial charge < -0.3 is 10.2 Å². The topological polar surface area (TPSA) is 28.2 Å². The quantitative estimate of drug-likeness (QED) is 0.901. The van der Waals surface area contributed by atoms with Crippen LogP contribution in [0.3, 0.4) is 0 Å². The molecule has 3 nitrogen and oxygen atoms in total. The summed E-state index contributed by atoms with van der Waals surface area (Å²) >= 11 is 0. The zero-order valence-corrected chi connectivity index (χ0v) is 12.2. The van der Waals surface area contributed by atoms with E-state index in [1.807, 2.05) is 0 Å². The largest absolute Gasteiger partial charge is 0.371 e. The minimum Gasteiger partial charge on any atom is -0.371 e. The van der Waals surface area contributed by atoms with E-state index in [0.29, 0.717) is 0 Å². The van der Waals surface area contributed by atoms with Gasteiger partial charge in [-0.15, -0.1) is 0 Å². The maximum Gasteiger partial charge on any atom is 0.0445 e. The van der Waals surface area contributed by atoms with Gasteiger partial charge in [0.25, 0.3) is 0 Å². The maximum absolute atomic E-state index is 4.47. The third-order valence-electron chi connectivity index (χ3n) is 4.73. The molecule has 2 heterocycles. The fourth-order valence-electron chi connectivity index (χ4n) is 3.70. The first kappa shape index (κ1) is 12.9. The third-order valence-corrected chi connectivity index (χ3v) is 4.73. The predicted octanol–water partition coefficient (Wildman–Crippen LogP) is 2.74. The minimum atomic E-state index is 0.935. The normalized spacial score (nSPS) is 25.9. The Morgan fingerprint density at radius 2 is 2.05 bits per heavy atom. The molecule has 1 aliphatic carbocycles. The zero-order chi connectivity index (χ0) is 13.2. The molecule has 0 spiro atoms. The molecule has 1 saturated heterocycles. The second kappa shape index (κ2) is 5.49. The lowest BCUT2D eigenvalue weighted by Gasteiger charge is -2.23. The fourth-order valence-corrected chi connectivity index (χ4v) is 3.70. The van der Waals surface area contributed by atoms with Crippen LogP contribution < -0.4 is 10.2 Å². The molecule has 1 saturated carbocycles. The SMILES string of the molecule is CCNCc1cnc(C)cc1N1CC2CCCC2C1. The number of fused-ring (bicyclic) bond motifs is 1. The zero-order valence-electron chi connectivity index (χ0n) is 12.2. The molecule has 2 fully saturated rings. The molecule has 3 heteroatoms. The van der Waals surface area contributed by atoms with Crippen molar-refractivity contribution < 1.29 is 0 Å².